The van der Waals surface area contributed by atoms with E-state index in [9.17, 15) is 0 Å². The first kappa shape index (κ1) is 30.3. The molecule has 79 valence electrons. The van der Waals surface area contributed by atoms with Gasteiger partial charge in [0.05, 0.1) is 0 Å². The van der Waals surface area contributed by atoms with Crippen LogP contribution in [0.2, 0.25) is 0 Å². The molecule has 0 bridgehead atoms. The minimum atomic E-state index is 0. The summed E-state index contributed by atoms with van der Waals surface area (Å²) in [4.78, 5) is 32.0. The van der Waals surface area contributed by atoms with Crippen LogP contribution in [-0.2, 0) is 19.5 Å². The van der Waals surface area contributed by atoms with Gasteiger partial charge in [0.15, 0.2) is 0 Å². The Labute approximate surface area is 82.0 Å². The summed E-state index contributed by atoms with van der Waals surface area (Å²) in [5, 5.41) is 36.0. The normalized spacial score (nSPS) is 3.69. The fraction of sp³-hybridized carbons (Fsp3) is 0. The predicted molar refractivity (Wildman–Crippen MR) is 36.6 cm³/mol. The first-order valence-electron chi connectivity index (χ1n) is 1.46. The molecule has 12 nitrogen and oxygen atoms in total. The van der Waals surface area contributed by atoms with Crippen LogP contribution in [0.5, 0.6) is 0 Å². The fourth-order valence-electron chi connectivity index (χ4n) is 0. The Morgan fingerprint density at radius 2 is 0.538 bits per heavy atom. The van der Waals surface area contributed by atoms with Crippen LogP contribution in [0.15, 0.2) is 21.4 Å². The Morgan fingerprint density at radius 3 is 0.538 bits per heavy atom. The Kier molecular flexibility index (Phi) is 410. The summed E-state index contributed by atoms with van der Waals surface area (Å²) in [6.45, 7) is 0. The molecule has 0 aromatic rings. The zero-order valence-corrected chi connectivity index (χ0v) is 7.15. The van der Waals surface area contributed by atoms with Crippen LogP contribution in [0, 0.1) is 40.5 Å². The van der Waals surface area contributed by atoms with E-state index in [4.69, 9.17) is 40.5 Å². The molecule has 0 heterocycles. The van der Waals surface area contributed by atoms with Gasteiger partial charge in [0.1, 0.15) is 0 Å². The van der Waals surface area contributed by atoms with Crippen molar-refractivity contribution in [1.29, 1.82) is 0 Å². The van der Waals surface area contributed by atoms with Gasteiger partial charge in [-0.25, -0.2) is 0 Å². The van der Waals surface area contributed by atoms with Gasteiger partial charge in [-0.1, -0.05) is 0 Å². The van der Waals surface area contributed by atoms with Crippen LogP contribution in [-0.4, -0.2) is 0 Å². The van der Waals surface area contributed by atoms with Crippen molar-refractivity contribution in [3.63, 3.8) is 0 Å². The minimum absolute atomic E-state index is 0. The van der Waals surface area contributed by atoms with Crippen molar-refractivity contribution >= 4 is 0 Å². The van der Waals surface area contributed by atoms with Crippen LogP contribution in [0.3, 0.4) is 0 Å². The Hall–Kier alpha value is -1.78. The maximum absolute atomic E-state index is 8.00. The summed E-state index contributed by atoms with van der Waals surface area (Å²) in [5.74, 6) is 0. The molecule has 13 heavy (non-hydrogen) atoms. The summed E-state index contributed by atoms with van der Waals surface area (Å²) < 4.78 is 0. The van der Waals surface area contributed by atoms with E-state index in [0.29, 0.717) is 0 Å². The van der Waals surface area contributed by atoms with E-state index in [1.807, 2.05) is 0 Å². The Bertz CT molecular complexity index is 70.1. The van der Waals surface area contributed by atoms with Crippen molar-refractivity contribution in [2.75, 3.05) is 0 Å². The van der Waals surface area contributed by atoms with E-state index >= 15 is 0 Å². The molecule has 0 aliphatic heterocycles. The number of hydrogen-bond donors (Lipinski definition) is 0. The molecule has 0 aromatic carbocycles. The van der Waals surface area contributed by atoms with E-state index in [0.717, 1.165) is 21.4 Å². The van der Waals surface area contributed by atoms with Gasteiger partial charge in [0, 0.05) is 0 Å². The van der Waals surface area contributed by atoms with Crippen LogP contribution < -0.4 is 0 Å². The molecule has 1 radical (unpaired) electrons. The SMILES string of the molecule is O=N[O-].O=N[O-].O=N[O-].O=N[O-].[Ru+]. The third kappa shape index (κ3) is 219. The second-order valence-electron chi connectivity index (χ2n) is 0.298. The molecule has 0 unspecified atom stereocenters. The van der Waals surface area contributed by atoms with Crippen LogP contribution in [0.1, 0.15) is 0 Å². The second-order valence-corrected chi connectivity index (χ2v) is 0.298. The summed E-state index contributed by atoms with van der Waals surface area (Å²) in [6, 6.07) is 0. The van der Waals surface area contributed by atoms with E-state index in [1.54, 1.807) is 0 Å². The van der Waals surface area contributed by atoms with Gasteiger partial charge >= 0.3 is 19.5 Å². The van der Waals surface area contributed by atoms with Gasteiger partial charge in [-0.2, -0.15) is 0 Å². The molecular formula is N4O8Ru-3. The van der Waals surface area contributed by atoms with E-state index < -0.39 is 0 Å². The maximum Gasteiger partial charge on any atom is 1.00 e. The van der Waals surface area contributed by atoms with Gasteiger partial charge in [0.2, 0.25) is 0 Å². The molecule has 0 rings (SSSR count). The molecular weight excluding hydrogens is 285 g/mol. The summed E-state index contributed by atoms with van der Waals surface area (Å²) >= 11 is 0. The van der Waals surface area contributed by atoms with Crippen LogP contribution in [0.25, 0.3) is 0 Å². The zero-order valence-electron chi connectivity index (χ0n) is 5.41. The monoisotopic (exact) mass is 286 g/mol. The molecule has 0 saturated heterocycles. The molecule has 0 atom stereocenters. The molecule has 0 fully saturated rings. The van der Waals surface area contributed by atoms with E-state index in [2.05, 4.69) is 0 Å². The molecule has 0 aromatic heterocycles. The smallest absolute Gasteiger partial charge is 0.444 e. The largest absolute Gasteiger partial charge is 1.00 e. The standard InChI is InChI=1S/4HNO2.Ru/c4*2-1-3;/h4*(H,2,3);/q;;;;+1/p-4. The number of rotatable bonds is 0. The molecule has 0 amide bonds. The van der Waals surface area contributed by atoms with Crippen molar-refractivity contribution in [2.24, 2.45) is 21.4 Å². The molecule has 0 aliphatic rings. The first-order chi connectivity index (χ1) is 5.66. The molecule has 13 heteroatoms. The fourth-order valence-corrected chi connectivity index (χ4v) is 0. The summed E-state index contributed by atoms with van der Waals surface area (Å²) in [6.07, 6.45) is 0. The van der Waals surface area contributed by atoms with Crippen molar-refractivity contribution in [3.8, 4) is 0 Å². The van der Waals surface area contributed by atoms with E-state index in [-0.39, 0.29) is 19.5 Å². The topological polar surface area (TPSA) is 210 Å². The maximum atomic E-state index is 8.00. The zero-order chi connectivity index (χ0) is 10.8. The molecule has 0 aliphatic carbocycles. The molecule has 0 spiro atoms. The summed E-state index contributed by atoms with van der Waals surface area (Å²) in [7, 11) is 0. The number of nitrogens with zero attached hydrogens (tertiary/aromatic N) is 4. The van der Waals surface area contributed by atoms with Gasteiger partial charge in [-0.15, -0.1) is 21.4 Å². The van der Waals surface area contributed by atoms with Crippen LogP contribution in [0.4, 0.5) is 0 Å². The average Bonchev–Trinajstić information content (AvgIpc) is 1.92. The summed E-state index contributed by atoms with van der Waals surface area (Å²) in [5.41, 5.74) is 0. The van der Waals surface area contributed by atoms with E-state index in [1.165, 1.54) is 0 Å². The molecule has 0 N–H and O–H groups in total. The first-order valence-corrected chi connectivity index (χ1v) is 1.46. The van der Waals surface area contributed by atoms with Crippen molar-refractivity contribution in [2.45, 2.75) is 0 Å². The van der Waals surface area contributed by atoms with Crippen molar-refractivity contribution < 1.29 is 19.5 Å². The third-order valence-corrected chi connectivity index (χ3v) is 0. The van der Waals surface area contributed by atoms with Gasteiger partial charge in [0.25, 0.3) is 0 Å². The quantitative estimate of drug-likeness (QED) is 0.354. The molecule has 0 saturated carbocycles. The van der Waals surface area contributed by atoms with Crippen molar-refractivity contribution in [3.05, 3.63) is 40.5 Å². The van der Waals surface area contributed by atoms with Crippen LogP contribution >= 0.6 is 0 Å². The van der Waals surface area contributed by atoms with Gasteiger partial charge in [-0.05, 0) is 0 Å². The Morgan fingerprint density at radius 1 is 0.538 bits per heavy atom. The van der Waals surface area contributed by atoms with Crippen molar-refractivity contribution in [1.82, 2.24) is 0 Å². The third-order valence-electron chi connectivity index (χ3n) is 0. The number of hydrogen-bond acceptors (Lipinski definition) is 12. The second kappa shape index (κ2) is 176. The average molecular weight is 285 g/mol. The Balaban J connectivity index is -0.0000000213. The minimum Gasteiger partial charge on any atom is -0.444 e. The van der Waals surface area contributed by atoms with Gasteiger partial charge < -0.3 is 40.5 Å². The van der Waals surface area contributed by atoms with Gasteiger partial charge in [-0.3, -0.25) is 0 Å². The predicted octanol–water partition coefficient (Wildman–Crippen LogP) is 1.000.